The van der Waals surface area contributed by atoms with Gasteiger partial charge in [0.2, 0.25) is 0 Å². The standard InChI is InChI=1S/C19H20N2O2S2/c1-20-12-11-19-21-18(13-24-19)16-7-9-17(10-8-16)25(22,23)14-15-5-3-2-4-6-15/h2-10,13,20H,11-12,14H2,1H3. The lowest BCUT2D eigenvalue weighted by molar-refractivity contribution is 0.595. The van der Waals surface area contributed by atoms with Gasteiger partial charge in [0, 0.05) is 23.9 Å². The van der Waals surface area contributed by atoms with Gasteiger partial charge >= 0.3 is 0 Å². The SMILES string of the molecule is CNCCc1nc(-c2ccc(S(=O)(=O)Cc3ccccc3)cc2)cs1. The molecule has 3 rings (SSSR count). The molecule has 0 amide bonds. The van der Waals surface area contributed by atoms with Crippen molar-refractivity contribution >= 4 is 21.2 Å². The van der Waals surface area contributed by atoms with Gasteiger partial charge in [-0.25, -0.2) is 13.4 Å². The van der Waals surface area contributed by atoms with Crippen molar-refractivity contribution < 1.29 is 8.42 Å². The second kappa shape index (κ2) is 7.91. The number of thiazole rings is 1. The minimum atomic E-state index is -3.35. The normalized spacial score (nSPS) is 11.6. The molecule has 1 N–H and O–H groups in total. The Morgan fingerprint density at radius 1 is 1.04 bits per heavy atom. The highest BCUT2D eigenvalue weighted by Gasteiger charge is 2.15. The first-order valence-corrected chi connectivity index (χ1v) is 10.6. The van der Waals surface area contributed by atoms with Crippen molar-refractivity contribution in [2.24, 2.45) is 0 Å². The molecule has 1 heterocycles. The quantitative estimate of drug-likeness (QED) is 0.689. The van der Waals surface area contributed by atoms with Gasteiger partial charge in [-0.05, 0) is 24.7 Å². The molecule has 0 bridgehead atoms. The van der Waals surface area contributed by atoms with Gasteiger partial charge in [-0.2, -0.15) is 0 Å². The van der Waals surface area contributed by atoms with Crippen LogP contribution in [0.15, 0.2) is 64.9 Å². The fourth-order valence-corrected chi connectivity index (χ4v) is 4.66. The molecule has 0 saturated carbocycles. The minimum Gasteiger partial charge on any atom is -0.319 e. The van der Waals surface area contributed by atoms with E-state index in [-0.39, 0.29) is 5.75 Å². The van der Waals surface area contributed by atoms with Crippen LogP contribution in [0.25, 0.3) is 11.3 Å². The number of benzene rings is 2. The van der Waals surface area contributed by atoms with Crippen molar-refractivity contribution in [2.45, 2.75) is 17.1 Å². The maximum absolute atomic E-state index is 12.6. The lowest BCUT2D eigenvalue weighted by Gasteiger charge is -2.05. The van der Waals surface area contributed by atoms with Crippen molar-refractivity contribution in [3.05, 3.63) is 70.5 Å². The lowest BCUT2D eigenvalue weighted by Crippen LogP contribution is -2.09. The maximum atomic E-state index is 12.6. The van der Waals surface area contributed by atoms with Crippen molar-refractivity contribution in [2.75, 3.05) is 13.6 Å². The number of sulfone groups is 1. The van der Waals surface area contributed by atoms with E-state index in [0.29, 0.717) is 4.90 Å². The molecule has 0 aliphatic carbocycles. The fourth-order valence-electron chi connectivity index (χ4n) is 2.50. The van der Waals surface area contributed by atoms with Gasteiger partial charge < -0.3 is 5.32 Å². The highest BCUT2D eigenvalue weighted by Crippen LogP contribution is 2.25. The third kappa shape index (κ3) is 4.54. The topological polar surface area (TPSA) is 59.1 Å². The predicted molar refractivity (Wildman–Crippen MR) is 103 cm³/mol. The molecule has 0 aliphatic heterocycles. The van der Waals surface area contributed by atoms with E-state index in [2.05, 4.69) is 10.3 Å². The first-order chi connectivity index (χ1) is 12.1. The zero-order valence-electron chi connectivity index (χ0n) is 14.0. The summed E-state index contributed by atoms with van der Waals surface area (Å²) in [4.78, 5) is 4.95. The van der Waals surface area contributed by atoms with Crippen LogP contribution in [0.4, 0.5) is 0 Å². The number of nitrogens with zero attached hydrogens (tertiary/aromatic N) is 1. The number of aromatic nitrogens is 1. The van der Waals surface area contributed by atoms with E-state index in [9.17, 15) is 8.42 Å². The van der Waals surface area contributed by atoms with Gasteiger partial charge in [0.05, 0.1) is 21.3 Å². The molecule has 0 aliphatic rings. The molecule has 0 fully saturated rings. The third-order valence-corrected chi connectivity index (χ3v) is 6.46. The van der Waals surface area contributed by atoms with Crippen LogP contribution in [0.3, 0.4) is 0 Å². The molecule has 3 aromatic rings. The molecule has 130 valence electrons. The average Bonchev–Trinajstić information content (AvgIpc) is 3.09. The Balaban J connectivity index is 1.76. The van der Waals surface area contributed by atoms with Crippen molar-refractivity contribution in [3.8, 4) is 11.3 Å². The van der Waals surface area contributed by atoms with Crippen molar-refractivity contribution in [3.63, 3.8) is 0 Å². The summed E-state index contributed by atoms with van der Waals surface area (Å²) in [5.41, 5.74) is 2.62. The Hall–Kier alpha value is -2.02. The van der Waals surface area contributed by atoms with Crippen molar-refractivity contribution in [1.82, 2.24) is 10.3 Å². The van der Waals surface area contributed by atoms with Gasteiger partial charge in [-0.15, -0.1) is 11.3 Å². The average molecular weight is 373 g/mol. The second-order valence-electron chi connectivity index (χ2n) is 5.75. The number of nitrogens with one attached hydrogen (secondary N) is 1. The predicted octanol–water partition coefficient (Wildman–Crippen LogP) is 3.55. The van der Waals surface area contributed by atoms with Crippen LogP contribution in [0.1, 0.15) is 10.6 Å². The van der Waals surface area contributed by atoms with E-state index in [1.54, 1.807) is 23.5 Å². The highest BCUT2D eigenvalue weighted by molar-refractivity contribution is 7.90. The third-order valence-electron chi connectivity index (χ3n) is 3.85. The van der Waals surface area contributed by atoms with Gasteiger partial charge in [0.15, 0.2) is 9.84 Å². The fraction of sp³-hybridized carbons (Fsp3) is 0.211. The lowest BCUT2D eigenvalue weighted by atomic mass is 10.2. The highest BCUT2D eigenvalue weighted by atomic mass is 32.2. The number of hydrogen-bond acceptors (Lipinski definition) is 5. The van der Waals surface area contributed by atoms with E-state index in [0.717, 1.165) is 34.8 Å². The van der Waals surface area contributed by atoms with Crippen LogP contribution < -0.4 is 5.32 Å². The first-order valence-electron chi connectivity index (χ1n) is 8.04. The van der Waals surface area contributed by atoms with Gasteiger partial charge in [-0.3, -0.25) is 0 Å². The summed E-state index contributed by atoms with van der Waals surface area (Å²) in [5.74, 6) is 0.0120. The van der Waals surface area contributed by atoms with Crippen LogP contribution in [0.2, 0.25) is 0 Å². The maximum Gasteiger partial charge on any atom is 0.182 e. The van der Waals surface area contributed by atoms with Crippen LogP contribution in [-0.4, -0.2) is 27.0 Å². The Morgan fingerprint density at radius 2 is 1.76 bits per heavy atom. The smallest absolute Gasteiger partial charge is 0.182 e. The Labute approximate surface area is 152 Å². The first kappa shape index (κ1) is 17.8. The van der Waals surface area contributed by atoms with Gasteiger partial charge in [-0.1, -0.05) is 42.5 Å². The van der Waals surface area contributed by atoms with E-state index in [4.69, 9.17) is 0 Å². The van der Waals surface area contributed by atoms with Crippen LogP contribution in [0.5, 0.6) is 0 Å². The summed E-state index contributed by atoms with van der Waals surface area (Å²) >= 11 is 1.63. The molecule has 25 heavy (non-hydrogen) atoms. The summed E-state index contributed by atoms with van der Waals surface area (Å²) in [6.45, 7) is 0.892. The van der Waals surface area contributed by atoms with E-state index >= 15 is 0 Å². The molecular weight excluding hydrogens is 352 g/mol. The molecule has 0 atom stereocenters. The molecule has 1 aromatic heterocycles. The Morgan fingerprint density at radius 3 is 2.44 bits per heavy atom. The number of hydrogen-bond donors (Lipinski definition) is 1. The Kier molecular flexibility index (Phi) is 5.63. The van der Waals surface area contributed by atoms with Gasteiger partial charge in [0.25, 0.3) is 0 Å². The molecule has 6 heteroatoms. The molecule has 0 saturated heterocycles. The van der Waals surface area contributed by atoms with E-state index in [1.165, 1.54) is 0 Å². The zero-order chi connectivity index (χ0) is 17.7. The largest absolute Gasteiger partial charge is 0.319 e. The van der Waals surface area contributed by atoms with Crippen LogP contribution in [0, 0.1) is 0 Å². The molecular formula is C19H20N2O2S2. The summed E-state index contributed by atoms with van der Waals surface area (Å²) in [5, 5.41) is 6.20. The molecule has 0 unspecified atom stereocenters. The van der Waals surface area contributed by atoms with Crippen LogP contribution >= 0.6 is 11.3 Å². The van der Waals surface area contributed by atoms with Crippen LogP contribution in [-0.2, 0) is 22.0 Å². The minimum absolute atomic E-state index is 0.0120. The molecule has 4 nitrogen and oxygen atoms in total. The number of rotatable bonds is 7. The molecule has 0 radical (unpaired) electrons. The summed E-state index contributed by atoms with van der Waals surface area (Å²) < 4.78 is 25.1. The Bertz CT molecular complexity index is 918. The van der Waals surface area contributed by atoms with E-state index in [1.807, 2.05) is 54.9 Å². The second-order valence-corrected chi connectivity index (χ2v) is 8.68. The molecule has 2 aromatic carbocycles. The zero-order valence-corrected chi connectivity index (χ0v) is 15.6. The van der Waals surface area contributed by atoms with E-state index < -0.39 is 9.84 Å². The van der Waals surface area contributed by atoms with Gasteiger partial charge in [0.1, 0.15) is 0 Å². The summed E-state index contributed by atoms with van der Waals surface area (Å²) in [6, 6.07) is 16.2. The summed E-state index contributed by atoms with van der Waals surface area (Å²) in [7, 11) is -1.43. The van der Waals surface area contributed by atoms with Crippen molar-refractivity contribution in [1.29, 1.82) is 0 Å². The monoisotopic (exact) mass is 372 g/mol. The summed E-state index contributed by atoms with van der Waals surface area (Å²) in [6.07, 6.45) is 0.894. The number of likely N-dealkylation sites (N-methyl/N-ethyl adjacent to an activating group) is 1. The molecule has 0 spiro atoms.